The van der Waals surface area contributed by atoms with E-state index in [1.54, 1.807) is 6.08 Å². The van der Waals surface area contributed by atoms with Crippen LogP contribution < -0.4 is 9.47 Å². The monoisotopic (exact) mass is 474 g/mol. The van der Waals surface area contributed by atoms with E-state index >= 15 is 0 Å². The molecular formula is C20H24Cl3F3O3. The molecule has 1 aromatic rings. The van der Waals surface area contributed by atoms with Crippen LogP contribution >= 0.6 is 34.8 Å². The minimum absolute atomic E-state index is 0.154. The third kappa shape index (κ3) is 10.5. The van der Waals surface area contributed by atoms with Gasteiger partial charge < -0.3 is 14.2 Å². The average molecular weight is 476 g/mol. The molecule has 0 saturated carbocycles. The molecule has 3 nitrogen and oxygen atoms in total. The van der Waals surface area contributed by atoms with Gasteiger partial charge in [0.05, 0.1) is 13.2 Å². The molecular weight excluding hydrogens is 452 g/mol. The molecule has 9 heteroatoms. The van der Waals surface area contributed by atoms with Gasteiger partial charge >= 0.3 is 6.18 Å². The maximum absolute atomic E-state index is 12.2. The predicted octanol–water partition coefficient (Wildman–Crippen LogP) is 7.12. The van der Waals surface area contributed by atoms with Crippen molar-refractivity contribution in [2.24, 2.45) is 0 Å². The summed E-state index contributed by atoms with van der Waals surface area (Å²) in [5.41, 5.74) is 1.97. The third-order valence-electron chi connectivity index (χ3n) is 3.77. The largest absolute Gasteiger partial charge is 0.493 e. The van der Waals surface area contributed by atoms with Crippen LogP contribution in [-0.2, 0) is 11.2 Å². The molecule has 0 N–H and O–H groups in total. The Morgan fingerprint density at radius 2 is 1.69 bits per heavy atom. The highest BCUT2D eigenvalue weighted by atomic mass is 35.5. The highest BCUT2D eigenvalue weighted by Gasteiger charge is 2.31. The van der Waals surface area contributed by atoms with Crippen molar-refractivity contribution in [2.75, 3.05) is 26.4 Å². The molecule has 0 aromatic heterocycles. The van der Waals surface area contributed by atoms with Gasteiger partial charge in [0.1, 0.15) is 27.6 Å². The Hall–Kier alpha value is -1.08. The first kappa shape index (κ1) is 26.0. The maximum Gasteiger partial charge on any atom is 0.426 e. The summed E-state index contributed by atoms with van der Waals surface area (Å²) in [5.74, 6) is 1.52. The lowest BCUT2D eigenvalue weighted by Crippen LogP contribution is -2.08. The molecule has 0 unspecified atom stereocenters. The van der Waals surface area contributed by atoms with Crippen LogP contribution in [0.1, 0.15) is 30.9 Å². The minimum atomic E-state index is -4.53. The number of unbranched alkanes of at least 4 members (excludes halogenated alkanes) is 1. The van der Waals surface area contributed by atoms with Gasteiger partial charge in [-0.3, -0.25) is 0 Å². The molecule has 1 aromatic carbocycles. The van der Waals surface area contributed by atoms with Crippen LogP contribution in [0.15, 0.2) is 33.8 Å². The van der Waals surface area contributed by atoms with Gasteiger partial charge in [-0.05, 0) is 61.6 Å². The van der Waals surface area contributed by atoms with E-state index in [4.69, 9.17) is 49.0 Å². The maximum atomic E-state index is 12.2. The van der Waals surface area contributed by atoms with Crippen molar-refractivity contribution >= 4 is 34.8 Å². The van der Waals surface area contributed by atoms with Gasteiger partial charge in [0.15, 0.2) is 0 Å². The quantitative estimate of drug-likeness (QED) is 0.301. The first-order valence-corrected chi connectivity index (χ1v) is 10.2. The van der Waals surface area contributed by atoms with Crippen LogP contribution in [0.5, 0.6) is 11.5 Å². The van der Waals surface area contributed by atoms with Crippen molar-refractivity contribution < 1.29 is 27.4 Å². The van der Waals surface area contributed by atoms with E-state index in [0.29, 0.717) is 31.8 Å². The Bertz CT molecular complexity index is 700. The molecule has 0 amide bonds. The molecule has 29 heavy (non-hydrogen) atoms. The van der Waals surface area contributed by atoms with E-state index in [9.17, 15) is 13.2 Å². The van der Waals surface area contributed by atoms with Crippen LogP contribution in [0.3, 0.4) is 0 Å². The number of aryl methyl sites for hydroxylation is 2. The summed E-state index contributed by atoms with van der Waals surface area (Å²) in [6.45, 7) is 4.85. The topological polar surface area (TPSA) is 27.7 Å². The zero-order valence-electron chi connectivity index (χ0n) is 16.3. The van der Waals surface area contributed by atoms with Gasteiger partial charge in [-0.2, -0.15) is 13.2 Å². The zero-order valence-corrected chi connectivity index (χ0v) is 18.5. The standard InChI is InChI=1S/C20H24Cl3F3O3/c1-3-15-13-16(28-11-7-18(22)23)12-14(2)19(15)29-9-5-4-8-27-10-6-17(21)20(24,25)26/h6-7,12-13H,3-5,8-11H2,1-2H3. The Morgan fingerprint density at radius 1 is 1.00 bits per heavy atom. The minimum Gasteiger partial charge on any atom is -0.493 e. The van der Waals surface area contributed by atoms with Gasteiger partial charge in [-0.1, -0.05) is 41.7 Å². The molecule has 0 saturated heterocycles. The van der Waals surface area contributed by atoms with Gasteiger partial charge in [0, 0.05) is 6.61 Å². The van der Waals surface area contributed by atoms with Crippen molar-refractivity contribution in [2.45, 2.75) is 39.3 Å². The fourth-order valence-corrected chi connectivity index (χ4v) is 2.57. The second kappa shape index (κ2) is 13.3. The molecule has 0 radical (unpaired) electrons. The predicted molar refractivity (Wildman–Crippen MR) is 111 cm³/mol. The van der Waals surface area contributed by atoms with Crippen LogP contribution in [0.2, 0.25) is 0 Å². The molecule has 0 aliphatic rings. The number of halogens is 6. The summed E-state index contributed by atoms with van der Waals surface area (Å²) >= 11 is 16.2. The number of ether oxygens (including phenoxy) is 3. The molecule has 0 atom stereocenters. The molecule has 0 aliphatic heterocycles. The first-order valence-electron chi connectivity index (χ1n) is 9.06. The first-order chi connectivity index (χ1) is 13.6. The van der Waals surface area contributed by atoms with Gasteiger partial charge in [-0.15, -0.1) is 0 Å². The highest BCUT2D eigenvalue weighted by molar-refractivity contribution is 6.55. The summed E-state index contributed by atoms with van der Waals surface area (Å²) in [7, 11) is 0. The Morgan fingerprint density at radius 3 is 2.31 bits per heavy atom. The van der Waals surface area contributed by atoms with E-state index in [0.717, 1.165) is 29.4 Å². The molecule has 0 aliphatic carbocycles. The molecule has 164 valence electrons. The van der Waals surface area contributed by atoms with Crippen LogP contribution in [0.4, 0.5) is 13.2 Å². The smallest absolute Gasteiger partial charge is 0.426 e. The number of hydrogen-bond donors (Lipinski definition) is 0. The normalized spacial score (nSPS) is 12.1. The summed E-state index contributed by atoms with van der Waals surface area (Å²) in [6, 6.07) is 3.79. The second-order valence-electron chi connectivity index (χ2n) is 6.07. The van der Waals surface area contributed by atoms with E-state index in [1.807, 2.05) is 26.0 Å². The van der Waals surface area contributed by atoms with Crippen LogP contribution in [0.25, 0.3) is 0 Å². The van der Waals surface area contributed by atoms with Gasteiger partial charge in [0.25, 0.3) is 0 Å². The van der Waals surface area contributed by atoms with E-state index < -0.39 is 11.2 Å². The van der Waals surface area contributed by atoms with Gasteiger partial charge in [0.2, 0.25) is 0 Å². The summed E-state index contributed by atoms with van der Waals surface area (Å²) in [4.78, 5) is 0. The average Bonchev–Trinajstić information content (AvgIpc) is 2.63. The number of allylic oxidation sites excluding steroid dienone is 1. The van der Waals surface area contributed by atoms with Crippen molar-refractivity contribution in [1.82, 2.24) is 0 Å². The lowest BCUT2D eigenvalue weighted by Gasteiger charge is -2.15. The zero-order chi connectivity index (χ0) is 21.9. The summed E-state index contributed by atoms with van der Waals surface area (Å²) < 4.78 is 53.4. The summed E-state index contributed by atoms with van der Waals surface area (Å²) in [6.07, 6.45) is -0.0168. The van der Waals surface area contributed by atoms with Crippen molar-refractivity contribution in [3.05, 3.63) is 44.9 Å². The fraction of sp³-hybridized carbons (Fsp3) is 0.500. The summed E-state index contributed by atoms with van der Waals surface area (Å²) in [5, 5.41) is -1.17. The molecule has 0 heterocycles. The SMILES string of the molecule is CCc1cc(OCC=C(Cl)Cl)cc(C)c1OCCCCOCC=C(Cl)C(F)(F)F. The second-order valence-corrected chi connectivity index (χ2v) is 7.48. The lowest BCUT2D eigenvalue weighted by atomic mass is 10.1. The Kier molecular flexibility index (Phi) is 11.9. The van der Waals surface area contributed by atoms with E-state index in [-0.39, 0.29) is 17.7 Å². The van der Waals surface area contributed by atoms with Crippen molar-refractivity contribution in [3.63, 3.8) is 0 Å². The lowest BCUT2D eigenvalue weighted by molar-refractivity contribution is -0.0850. The molecule has 0 bridgehead atoms. The Labute approximate surface area is 184 Å². The number of alkyl halides is 3. The molecule has 1 rings (SSSR count). The Balaban J connectivity index is 2.41. The fourth-order valence-electron chi connectivity index (χ4n) is 2.38. The molecule has 0 fully saturated rings. The van der Waals surface area contributed by atoms with Crippen molar-refractivity contribution in [1.29, 1.82) is 0 Å². The third-order valence-corrected chi connectivity index (χ3v) is 4.45. The van der Waals surface area contributed by atoms with Crippen LogP contribution in [-0.4, -0.2) is 32.6 Å². The van der Waals surface area contributed by atoms with E-state index in [1.165, 1.54) is 0 Å². The highest BCUT2D eigenvalue weighted by Crippen LogP contribution is 2.30. The number of benzene rings is 1. The number of rotatable bonds is 12. The number of hydrogen-bond acceptors (Lipinski definition) is 3. The van der Waals surface area contributed by atoms with Crippen molar-refractivity contribution in [3.8, 4) is 11.5 Å². The molecule has 0 spiro atoms. The van der Waals surface area contributed by atoms with Gasteiger partial charge in [-0.25, -0.2) is 0 Å². The van der Waals surface area contributed by atoms with E-state index in [2.05, 4.69) is 0 Å². The van der Waals surface area contributed by atoms with Crippen LogP contribution in [0, 0.1) is 6.92 Å².